The molecule has 0 bridgehead atoms. The molecule has 18 heavy (non-hydrogen) atoms. The first-order chi connectivity index (χ1) is 8.31. The standard InChI is InChI=1S/C13H29N3O2/c1-11(2)18-10-9-16(5)8-6-7-13(3,15-4)12(14)17/h11,15H,6-10H2,1-5H3,(H2,14,17). The van der Waals surface area contributed by atoms with Gasteiger partial charge in [-0.15, -0.1) is 0 Å². The number of likely N-dealkylation sites (N-methyl/N-ethyl adjacent to an activating group) is 2. The van der Waals surface area contributed by atoms with Gasteiger partial charge in [0.2, 0.25) is 5.91 Å². The maximum Gasteiger partial charge on any atom is 0.237 e. The largest absolute Gasteiger partial charge is 0.377 e. The van der Waals surface area contributed by atoms with E-state index in [1.54, 1.807) is 7.05 Å². The van der Waals surface area contributed by atoms with E-state index in [1.165, 1.54) is 0 Å². The lowest BCUT2D eigenvalue weighted by Crippen LogP contribution is -2.51. The fourth-order valence-corrected chi connectivity index (χ4v) is 1.63. The molecule has 1 amide bonds. The van der Waals surface area contributed by atoms with Crippen molar-refractivity contribution in [2.45, 2.75) is 45.3 Å². The van der Waals surface area contributed by atoms with Crippen LogP contribution in [0.3, 0.4) is 0 Å². The molecule has 0 radical (unpaired) electrons. The third-order valence-corrected chi connectivity index (χ3v) is 3.24. The Labute approximate surface area is 111 Å². The molecule has 5 heteroatoms. The SMILES string of the molecule is CNC(C)(CCCN(C)CCOC(C)C)C(N)=O. The summed E-state index contributed by atoms with van der Waals surface area (Å²) in [5, 5.41) is 2.99. The van der Waals surface area contributed by atoms with Gasteiger partial charge >= 0.3 is 0 Å². The minimum atomic E-state index is -0.602. The van der Waals surface area contributed by atoms with Gasteiger partial charge in [0.25, 0.3) is 0 Å². The Morgan fingerprint density at radius 1 is 1.44 bits per heavy atom. The number of hydrogen-bond donors (Lipinski definition) is 2. The number of amides is 1. The van der Waals surface area contributed by atoms with Gasteiger partial charge in [0, 0.05) is 6.54 Å². The third kappa shape index (κ3) is 6.93. The Morgan fingerprint density at radius 3 is 2.50 bits per heavy atom. The Kier molecular flexibility index (Phi) is 8.15. The van der Waals surface area contributed by atoms with E-state index in [0.29, 0.717) is 0 Å². The average molecular weight is 259 g/mol. The molecule has 0 aromatic heterocycles. The van der Waals surface area contributed by atoms with E-state index in [0.717, 1.165) is 32.5 Å². The summed E-state index contributed by atoms with van der Waals surface area (Å²) in [6.07, 6.45) is 1.95. The number of rotatable bonds is 10. The van der Waals surface area contributed by atoms with Gasteiger partial charge in [-0.3, -0.25) is 4.79 Å². The van der Waals surface area contributed by atoms with Crippen molar-refractivity contribution in [2.24, 2.45) is 5.73 Å². The van der Waals surface area contributed by atoms with Crippen LogP contribution in [0.25, 0.3) is 0 Å². The molecule has 0 aliphatic heterocycles. The zero-order valence-corrected chi connectivity index (χ0v) is 12.5. The highest BCUT2D eigenvalue weighted by atomic mass is 16.5. The number of nitrogens with one attached hydrogen (secondary N) is 1. The van der Waals surface area contributed by atoms with Crippen molar-refractivity contribution < 1.29 is 9.53 Å². The van der Waals surface area contributed by atoms with Crippen LogP contribution in [-0.2, 0) is 9.53 Å². The lowest BCUT2D eigenvalue weighted by molar-refractivity contribution is -0.123. The second-order valence-electron chi connectivity index (χ2n) is 5.27. The Hall–Kier alpha value is -0.650. The molecular formula is C13H29N3O2. The van der Waals surface area contributed by atoms with Gasteiger partial charge in [-0.1, -0.05) is 0 Å². The van der Waals surface area contributed by atoms with E-state index >= 15 is 0 Å². The van der Waals surface area contributed by atoms with Gasteiger partial charge in [-0.25, -0.2) is 0 Å². The molecular weight excluding hydrogens is 230 g/mol. The summed E-state index contributed by atoms with van der Waals surface area (Å²) in [6, 6.07) is 0. The summed E-state index contributed by atoms with van der Waals surface area (Å²) in [7, 11) is 3.83. The van der Waals surface area contributed by atoms with Crippen molar-refractivity contribution in [1.29, 1.82) is 0 Å². The molecule has 0 spiro atoms. The Bertz CT molecular complexity index is 246. The van der Waals surface area contributed by atoms with Crippen LogP contribution in [0.1, 0.15) is 33.6 Å². The smallest absolute Gasteiger partial charge is 0.237 e. The van der Waals surface area contributed by atoms with Crippen molar-refractivity contribution >= 4 is 5.91 Å². The summed E-state index contributed by atoms with van der Waals surface area (Å²) >= 11 is 0. The second-order valence-corrected chi connectivity index (χ2v) is 5.27. The molecule has 0 saturated carbocycles. The molecule has 0 saturated heterocycles. The van der Waals surface area contributed by atoms with E-state index in [9.17, 15) is 4.79 Å². The molecule has 0 aromatic rings. The molecule has 0 aromatic carbocycles. The van der Waals surface area contributed by atoms with Gasteiger partial charge in [0.05, 0.1) is 18.2 Å². The van der Waals surface area contributed by atoms with Crippen molar-refractivity contribution in [3.05, 3.63) is 0 Å². The number of carbonyl (C=O) groups is 1. The van der Waals surface area contributed by atoms with Crippen molar-refractivity contribution in [2.75, 3.05) is 33.8 Å². The van der Waals surface area contributed by atoms with Crippen molar-refractivity contribution in [1.82, 2.24) is 10.2 Å². The topological polar surface area (TPSA) is 67.6 Å². The second kappa shape index (κ2) is 8.45. The summed E-state index contributed by atoms with van der Waals surface area (Å²) in [5.74, 6) is -0.296. The van der Waals surface area contributed by atoms with Crippen LogP contribution in [-0.4, -0.2) is 56.2 Å². The number of nitrogens with two attached hydrogens (primary N) is 1. The Balaban J connectivity index is 3.79. The molecule has 1 atom stereocenters. The van der Waals surface area contributed by atoms with Gasteiger partial charge in [0.15, 0.2) is 0 Å². The first-order valence-electron chi connectivity index (χ1n) is 6.61. The predicted molar refractivity (Wildman–Crippen MR) is 74.5 cm³/mol. The first kappa shape index (κ1) is 17.4. The molecule has 0 heterocycles. The maximum absolute atomic E-state index is 11.3. The Morgan fingerprint density at radius 2 is 2.06 bits per heavy atom. The first-order valence-corrected chi connectivity index (χ1v) is 6.61. The van der Waals surface area contributed by atoms with Crippen molar-refractivity contribution in [3.8, 4) is 0 Å². The normalized spacial score (nSPS) is 15.1. The summed E-state index contributed by atoms with van der Waals surface area (Å²) in [6.45, 7) is 8.50. The summed E-state index contributed by atoms with van der Waals surface area (Å²) in [4.78, 5) is 13.5. The summed E-state index contributed by atoms with van der Waals surface area (Å²) < 4.78 is 5.49. The zero-order valence-electron chi connectivity index (χ0n) is 12.5. The fraction of sp³-hybridized carbons (Fsp3) is 0.923. The van der Waals surface area contributed by atoms with Crippen LogP contribution < -0.4 is 11.1 Å². The number of carbonyl (C=O) groups excluding carboxylic acids is 1. The number of hydrogen-bond acceptors (Lipinski definition) is 4. The van der Waals surface area contributed by atoms with Crippen molar-refractivity contribution in [3.63, 3.8) is 0 Å². The van der Waals surface area contributed by atoms with E-state index < -0.39 is 5.54 Å². The van der Waals surface area contributed by atoms with E-state index in [2.05, 4.69) is 17.3 Å². The molecule has 108 valence electrons. The monoisotopic (exact) mass is 259 g/mol. The lowest BCUT2D eigenvalue weighted by atomic mass is 9.95. The number of nitrogens with zero attached hydrogens (tertiary/aromatic N) is 1. The van der Waals surface area contributed by atoms with Gasteiger partial charge in [-0.05, 0) is 54.3 Å². The fourth-order valence-electron chi connectivity index (χ4n) is 1.63. The van der Waals surface area contributed by atoms with Crippen LogP contribution in [0, 0.1) is 0 Å². The van der Waals surface area contributed by atoms with Gasteiger partial charge in [0.1, 0.15) is 0 Å². The number of primary amides is 1. The number of ether oxygens (including phenoxy) is 1. The van der Waals surface area contributed by atoms with Crippen LogP contribution in [0.4, 0.5) is 0 Å². The lowest BCUT2D eigenvalue weighted by Gasteiger charge is -2.26. The third-order valence-electron chi connectivity index (χ3n) is 3.24. The zero-order chi connectivity index (χ0) is 14.2. The highest BCUT2D eigenvalue weighted by Gasteiger charge is 2.28. The molecule has 0 aliphatic rings. The van der Waals surface area contributed by atoms with E-state index in [-0.39, 0.29) is 12.0 Å². The summed E-state index contributed by atoms with van der Waals surface area (Å²) in [5.41, 5.74) is 4.77. The highest BCUT2D eigenvalue weighted by Crippen LogP contribution is 2.11. The van der Waals surface area contributed by atoms with Crippen LogP contribution in [0.15, 0.2) is 0 Å². The predicted octanol–water partition coefficient (Wildman–Crippen LogP) is 0.587. The van der Waals surface area contributed by atoms with E-state index in [4.69, 9.17) is 10.5 Å². The minimum Gasteiger partial charge on any atom is -0.377 e. The van der Waals surface area contributed by atoms with Crippen LogP contribution in [0.5, 0.6) is 0 Å². The highest BCUT2D eigenvalue weighted by molar-refractivity contribution is 5.84. The van der Waals surface area contributed by atoms with Gasteiger partial charge in [-0.2, -0.15) is 0 Å². The average Bonchev–Trinajstić information content (AvgIpc) is 2.27. The quantitative estimate of drug-likeness (QED) is 0.602. The van der Waals surface area contributed by atoms with Crippen LogP contribution in [0.2, 0.25) is 0 Å². The van der Waals surface area contributed by atoms with Gasteiger partial charge < -0.3 is 20.7 Å². The maximum atomic E-state index is 11.3. The van der Waals surface area contributed by atoms with Crippen LogP contribution >= 0.6 is 0 Å². The minimum absolute atomic E-state index is 0.279. The molecule has 3 N–H and O–H groups in total. The molecule has 5 nitrogen and oxygen atoms in total. The molecule has 0 fully saturated rings. The van der Waals surface area contributed by atoms with E-state index in [1.807, 2.05) is 20.8 Å². The molecule has 1 unspecified atom stereocenters. The molecule has 0 rings (SSSR count). The molecule has 0 aliphatic carbocycles.